The number of carbonyl (C=O) groups is 1. The molecule has 0 N–H and O–H groups in total. The van der Waals surface area contributed by atoms with E-state index in [1.54, 1.807) is 0 Å². The standard InChI is InChI=1S/C7H6N2O4/c10-7(5-9(11)12)13-6-1-3-8-4-2-6/h1-4H,5H2. The van der Waals surface area contributed by atoms with E-state index >= 15 is 0 Å². The van der Waals surface area contributed by atoms with E-state index in [4.69, 9.17) is 0 Å². The van der Waals surface area contributed by atoms with Gasteiger partial charge in [-0.1, -0.05) is 0 Å². The summed E-state index contributed by atoms with van der Waals surface area (Å²) in [7, 11) is 0. The van der Waals surface area contributed by atoms with Crippen molar-refractivity contribution in [2.45, 2.75) is 0 Å². The SMILES string of the molecule is O=C(C[N+](=O)[O-])Oc1ccncc1. The van der Waals surface area contributed by atoms with E-state index in [2.05, 4.69) is 9.72 Å². The number of carbonyl (C=O) groups excluding carboxylic acids is 1. The number of nitro groups is 1. The Morgan fingerprint density at radius 2 is 2.15 bits per heavy atom. The summed E-state index contributed by atoms with van der Waals surface area (Å²) in [5.41, 5.74) is 0. The number of hydrogen-bond acceptors (Lipinski definition) is 5. The third-order valence-corrected chi connectivity index (χ3v) is 1.14. The molecule has 0 spiro atoms. The fourth-order valence-corrected chi connectivity index (χ4v) is 0.675. The van der Waals surface area contributed by atoms with Crippen molar-refractivity contribution in [3.8, 4) is 5.75 Å². The molecule has 0 aliphatic heterocycles. The Bertz CT molecular complexity index is 312. The van der Waals surface area contributed by atoms with Gasteiger partial charge in [0.05, 0.1) is 0 Å². The highest BCUT2D eigenvalue weighted by Crippen LogP contribution is 2.06. The molecule has 0 aliphatic carbocycles. The van der Waals surface area contributed by atoms with Crippen LogP contribution in [0.25, 0.3) is 0 Å². The number of aromatic nitrogens is 1. The van der Waals surface area contributed by atoms with Gasteiger partial charge in [0.1, 0.15) is 5.75 Å². The second-order valence-electron chi connectivity index (χ2n) is 2.15. The van der Waals surface area contributed by atoms with Gasteiger partial charge < -0.3 is 4.74 Å². The minimum atomic E-state index is -0.892. The number of hydrogen-bond donors (Lipinski definition) is 0. The molecule has 6 heteroatoms. The topological polar surface area (TPSA) is 82.3 Å². The lowest BCUT2D eigenvalue weighted by atomic mass is 10.4. The zero-order chi connectivity index (χ0) is 9.68. The van der Waals surface area contributed by atoms with Crippen molar-refractivity contribution in [1.82, 2.24) is 4.98 Å². The number of esters is 1. The van der Waals surface area contributed by atoms with E-state index < -0.39 is 17.4 Å². The molecule has 0 saturated carbocycles. The highest BCUT2D eigenvalue weighted by atomic mass is 16.6. The van der Waals surface area contributed by atoms with Gasteiger partial charge in [0.2, 0.25) is 0 Å². The lowest BCUT2D eigenvalue weighted by Crippen LogP contribution is -2.19. The van der Waals surface area contributed by atoms with Crippen molar-refractivity contribution in [3.05, 3.63) is 34.6 Å². The molecule has 13 heavy (non-hydrogen) atoms. The predicted molar refractivity (Wildman–Crippen MR) is 41.7 cm³/mol. The second kappa shape index (κ2) is 4.15. The maximum Gasteiger partial charge on any atom is 0.383 e. The first-order chi connectivity index (χ1) is 6.18. The second-order valence-corrected chi connectivity index (χ2v) is 2.15. The fraction of sp³-hybridized carbons (Fsp3) is 0.143. The van der Waals surface area contributed by atoms with Crippen LogP contribution in [0.3, 0.4) is 0 Å². The van der Waals surface area contributed by atoms with Crippen LogP contribution >= 0.6 is 0 Å². The Morgan fingerprint density at radius 3 is 2.69 bits per heavy atom. The van der Waals surface area contributed by atoms with Crippen LogP contribution in [0.1, 0.15) is 0 Å². The molecule has 0 atom stereocenters. The van der Waals surface area contributed by atoms with Crippen LogP contribution < -0.4 is 4.74 Å². The van der Waals surface area contributed by atoms with Gasteiger partial charge in [-0.15, -0.1) is 0 Å². The molecule has 0 unspecified atom stereocenters. The van der Waals surface area contributed by atoms with E-state index in [-0.39, 0.29) is 5.75 Å². The molecule has 0 fully saturated rings. The van der Waals surface area contributed by atoms with Gasteiger partial charge in [-0.25, -0.2) is 4.79 Å². The summed E-state index contributed by atoms with van der Waals surface area (Å²) >= 11 is 0. The molecule has 1 heterocycles. The average molecular weight is 182 g/mol. The minimum absolute atomic E-state index is 0.252. The normalized spacial score (nSPS) is 9.23. The van der Waals surface area contributed by atoms with Crippen LogP contribution in [-0.2, 0) is 4.79 Å². The Balaban J connectivity index is 2.50. The lowest BCUT2D eigenvalue weighted by Gasteiger charge is -1.98. The van der Waals surface area contributed by atoms with Crippen LogP contribution in [0.2, 0.25) is 0 Å². The minimum Gasteiger partial charge on any atom is -0.422 e. The van der Waals surface area contributed by atoms with Gasteiger partial charge in [-0.3, -0.25) is 15.1 Å². The maximum absolute atomic E-state index is 10.7. The van der Waals surface area contributed by atoms with Gasteiger partial charge in [-0.05, 0) is 12.1 Å². The molecule has 6 nitrogen and oxygen atoms in total. The average Bonchev–Trinajstić information content (AvgIpc) is 2.04. The van der Waals surface area contributed by atoms with E-state index in [1.807, 2.05) is 0 Å². The lowest BCUT2D eigenvalue weighted by molar-refractivity contribution is -0.469. The third kappa shape index (κ3) is 3.28. The van der Waals surface area contributed by atoms with E-state index in [9.17, 15) is 14.9 Å². The van der Waals surface area contributed by atoms with Gasteiger partial charge in [0.15, 0.2) is 0 Å². The molecule has 0 aliphatic rings. The maximum atomic E-state index is 10.7. The summed E-state index contributed by atoms with van der Waals surface area (Å²) in [5, 5.41) is 9.89. The molecule has 0 amide bonds. The number of nitrogens with zero attached hydrogens (tertiary/aromatic N) is 2. The number of ether oxygens (including phenoxy) is 1. The van der Waals surface area contributed by atoms with Gasteiger partial charge >= 0.3 is 5.97 Å². The summed E-state index contributed by atoms with van der Waals surface area (Å²) in [6.45, 7) is -0.831. The Morgan fingerprint density at radius 1 is 1.54 bits per heavy atom. The largest absolute Gasteiger partial charge is 0.422 e. The van der Waals surface area contributed by atoms with Crippen molar-refractivity contribution in [3.63, 3.8) is 0 Å². The first kappa shape index (κ1) is 9.11. The van der Waals surface area contributed by atoms with Crippen LogP contribution in [0.4, 0.5) is 0 Å². The third-order valence-electron chi connectivity index (χ3n) is 1.14. The molecule has 0 bridgehead atoms. The van der Waals surface area contributed by atoms with E-state index in [1.165, 1.54) is 24.5 Å². The van der Waals surface area contributed by atoms with Crippen LogP contribution in [0, 0.1) is 10.1 Å². The smallest absolute Gasteiger partial charge is 0.383 e. The summed E-state index contributed by atoms with van der Waals surface area (Å²) in [4.78, 5) is 23.6. The molecule has 0 radical (unpaired) electrons. The van der Waals surface area contributed by atoms with Gasteiger partial charge in [0, 0.05) is 17.3 Å². The Hall–Kier alpha value is -1.98. The fourth-order valence-electron chi connectivity index (χ4n) is 0.675. The summed E-state index contributed by atoms with van der Waals surface area (Å²) in [6.07, 6.45) is 2.85. The van der Waals surface area contributed by atoms with Crippen LogP contribution in [0.15, 0.2) is 24.5 Å². The first-order valence-corrected chi connectivity index (χ1v) is 3.41. The molecule has 1 aromatic heterocycles. The van der Waals surface area contributed by atoms with Gasteiger partial charge in [-0.2, -0.15) is 0 Å². The predicted octanol–water partition coefficient (Wildman–Crippen LogP) is 0.264. The Labute approximate surface area is 73.3 Å². The molecule has 68 valence electrons. The molecular weight excluding hydrogens is 176 g/mol. The van der Waals surface area contributed by atoms with Crippen molar-refractivity contribution in [2.24, 2.45) is 0 Å². The number of rotatable bonds is 3. The first-order valence-electron chi connectivity index (χ1n) is 3.41. The highest BCUT2D eigenvalue weighted by molar-refractivity contribution is 5.73. The quantitative estimate of drug-likeness (QED) is 0.380. The highest BCUT2D eigenvalue weighted by Gasteiger charge is 2.11. The van der Waals surface area contributed by atoms with Crippen molar-refractivity contribution in [1.29, 1.82) is 0 Å². The van der Waals surface area contributed by atoms with E-state index in [0.717, 1.165) is 0 Å². The van der Waals surface area contributed by atoms with Crippen molar-refractivity contribution >= 4 is 5.97 Å². The summed E-state index contributed by atoms with van der Waals surface area (Å²) in [6, 6.07) is 2.88. The van der Waals surface area contributed by atoms with Crippen molar-refractivity contribution in [2.75, 3.05) is 6.54 Å². The number of pyridine rings is 1. The molecule has 0 saturated heterocycles. The summed E-state index contributed by atoms with van der Waals surface area (Å²) in [5.74, 6) is -0.641. The zero-order valence-electron chi connectivity index (χ0n) is 6.54. The van der Waals surface area contributed by atoms with E-state index in [0.29, 0.717) is 0 Å². The Kier molecular flexibility index (Phi) is 2.91. The monoisotopic (exact) mass is 182 g/mol. The van der Waals surface area contributed by atoms with Gasteiger partial charge in [0.25, 0.3) is 6.54 Å². The molecule has 1 aromatic rings. The molecule has 1 rings (SSSR count). The van der Waals surface area contributed by atoms with Crippen LogP contribution in [-0.4, -0.2) is 22.4 Å². The molecular formula is C7H6N2O4. The summed E-state index contributed by atoms with van der Waals surface area (Å²) < 4.78 is 4.60. The van der Waals surface area contributed by atoms with Crippen molar-refractivity contribution < 1.29 is 14.5 Å². The van der Waals surface area contributed by atoms with Crippen LogP contribution in [0.5, 0.6) is 5.75 Å². The molecule has 0 aromatic carbocycles. The zero-order valence-corrected chi connectivity index (χ0v) is 6.54.